The lowest BCUT2D eigenvalue weighted by atomic mass is 10.2. The number of amides is 1. The van der Waals surface area contributed by atoms with Crippen LogP contribution in [0.1, 0.15) is 12.8 Å². The van der Waals surface area contributed by atoms with Gasteiger partial charge in [-0.15, -0.1) is 0 Å². The van der Waals surface area contributed by atoms with Gasteiger partial charge in [0.2, 0.25) is 5.91 Å². The Morgan fingerprint density at radius 3 is 2.44 bits per heavy atom. The number of nitrogens with one attached hydrogen (secondary N) is 1. The highest BCUT2D eigenvalue weighted by Crippen LogP contribution is 2.35. The van der Waals surface area contributed by atoms with Gasteiger partial charge in [0.1, 0.15) is 22.2 Å². The van der Waals surface area contributed by atoms with Crippen molar-refractivity contribution in [2.24, 2.45) is 0 Å². The standard InChI is InChI=1S/C18H19FN2O5S/c1-25-15-8-5-12(19)10-17(15)27(23,24)20-13-6-7-14(16(11-13)26-2)21-9-3-4-18(21)22/h5-8,10-11,20H,3-4,9H2,1-2H3. The van der Waals surface area contributed by atoms with Crippen LogP contribution in [0.4, 0.5) is 15.8 Å². The number of sulfonamides is 1. The quantitative estimate of drug-likeness (QED) is 0.814. The number of benzene rings is 2. The summed E-state index contributed by atoms with van der Waals surface area (Å²) in [4.78, 5) is 13.2. The SMILES string of the molecule is COc1cc(NS(=O)(=O)c2cc(F)ccc2OC)ccc1N1CCCC1=O. The van der Waals surface area contributed by atoms with Crippen LogP contribution in [0, 0.1) is 5.82 Å². The first-order chi connectivity index (χ1) is 12.9. The summed E-state index contributed by atoms with van der Waals surface area (Å²) in [6.45, 7) is 0.584. The summed E-state index contributed by atoms with van der Waals surface area (Å²) in [6.07, 6.45) is 1.23. The van der Waals surface area contributed by atoms with Crippen molar-refractivity contribution in [1.29, 1.82) is 0 Å². The number of methoxy groups -OCH3 is 2. The maximum atomic E-state index is 13.5. The predicted molar refractivity (Wildman–Crippen MR) is 98.3 cm³/mol. The average molecular weight is 394 g/mol. The molecule has 1 N–H and O–H groups in total. The summed E-state index contributed by atoms with van der Waals surface area (Å²) in [6, 6.07) is 7.85. The van der Waals surface area contributed by atoms with Crippen LogP contribution < -0.4 is 19.1 Å². The van der Waals surface area contributed by atoms with Crippen LogP contribution in [-0.2, 0) is 14.8 Å². The Morgan fingerprint density at radius 2 is 1.81 bits per heavy atom. The molecule has 0 aliphatic carbocycles. The minimum absolute atomic E-state index is 0.00821. The van der Waals surface area contributed by atoms with E-state index in [1.54, 1.807) is 11.0 Å². The Balaban J connectivity index is 1.93. The molecule has 1 aliphatic heterocycles. The fourth-order valence-corrected chi connectivity index (χ4v) is 4.17. The van der Waals surface area contributed by atoms with Gasteiger partial charge >= 0.3 is 0 Å². The third kappa shape index (κ3) is 3.82. The maximum Gasteiger partial charge on any atom is 0.265 e. The van der Waals surface area contributed by atoms with Gasteiger partial charge in [-0.3, -0.25) is 9.52 Å². The van der Waals surface area contributed by atoms with Crippen molar-refractivity contribution in [1.82, 2.24) is 0 Å². The number of carbonyl (C=O) groups is 1. The zero-order valence-corrected chi connectivity index (χ0v) is 15.7. The molecule has 1 aliphatic rings. The Bertz CT molecular complexity index is 978. The lowest BCUT2D eigenvalue weighted by Crippen LogP contribution is -2.24. The summed E-state index contributed by atoms with van der Waals surface area (Å²) < 4.78 is 51.6. The van der Waals surface area contributed by atoms with Crippen LogP contribution in [0.15, 0.2) is 41.3 Å². The van der Waals surface area contributed by atoms with Gasteiger partial charge in [-0.25, -0.2) is 12.8 Å². The minimum atomic E-state index is -4.10. The number of nitrogens with zero attached hydrogens (tertiary/aromatic N) is 1. The normalized spacial score (nSPS) is 14.3. The molecule has 1 saturated heterocycles. The van der Waals surface area contributed by atoms with Crippen molar-refractivity contribution in [2.75, 3.05) is 30.4 Å². The van der Waals surface area contributed by atoms with Gasteiger partial charge in [0.15, 0.2) is 0 Å². The maximum absolute atomic E-state index is 13.5. The van der Waals surface area contributed by atoms with Crippen molar-refractivity contribution in [3.8, 4) is 11.5 Å². The van der Waals surface area contributed by atoms with Crippen molar-refractivity contribution in [2.45, 2.75) is 17.7 Å². The highest BCUT2D eigenvalue weighted by Gasteiger charge is 2.26. The molecule has 7 nitrogen and oxygen atoms in total. The minimum Gasteiger partial charge on any atom is -0.495 e. The molecule has 2 aromatic carbocycles. The first-order valence-corrected chi connectivity index (χ1v) is 9.69. The number of hydrogen-bond acceptors (Lipinski definition) is 5. The van der Waals surface area contributed by atoms with Gasteiger partial charge in [0, 0.05) is 19.0 Å². The molecule has 27 heavy (non-hydrogen) atoms. The van der Waals surface area contributed by atoms with E-state index in [-0.39, 0.29) is 22.2 Å². The molecule has 1 fully saturated rings. The number of hydrogen-bond donors (Lipinski definition) is 1. The van der Waals surface area contributed by atoms with E-state index in [2.05, 4.69) is 4.72 Å². The first-order valence-electron chi connectivity index (χ1n) is 8.20. The average Bonchev–Trinajstić information content (AvgIpc) is 3.07. The Kier molecular flexibility index (Phi) is 5.22. The number of halogens is 1. The molecule has 1 heterocycles. The van der Waals surface area contributed by atoms with Gasteiger partial charge in [0.25, 0.3) is 10.0 Å². The van der Waals surface area contributed by atoms with Crippen molar-refractivity contribution < 1.29 is 27.1 Å². The zero-order chi connectivity index (χ0) is 19.6. The summed E-state index contributed by atoms with van der Waals surface area (Å²) in [5.41, 5.74) is 0.792. The summed E-state index contributed by atoms with van der Waals surface area (Å²) in [5, 5.41) is 0. The number of anilines is 2. The van der Waals surface area contributed by atoms with Gasteiger partial charge in [-0.05, 0) is 36.8 Å². The van der Waals surface area contributed by atoms with E-state index in [0.717, 1.165) is 18.6 Å². The Labute approximate surface area is 156 Å². The van der Waals surface area contributed by atoms with Gasteiger partial charge < -0.3 is 14.4 Å². The second-order valence-corrected chi connectivity index (χ2v) is 7.59. The molecule has 0 atom stereocenters. The molecule has 144 valence electrons. The van der Waals surface area contributed by atoms with E-state index in [1.165, 1.54) is 32.4 Å². The van der Waals surface area contributed by atoms with Gasteiger partial charge in [-0.2, -0.15) is 0 Å². The molecule has 0 spiro atoms. The Hall–Kier alpha value is -2.81. The van der Waals surface area contributed by atoms with Crippen molar-refractivity contribution in [3.63, 3.8) is 0 Å². The topological polar surface area (TPSA) is 84.9 Å². The van der Waals surface area contributed by atoms with Crippen LogP contribution in [0.5, 0.6) is 11.5 Å². The van der Waals surface area contributed by atoms with Crippen LogP contribution >= 0.6 is 0 Å². The first kappa shape index (κ1) is 19.0. The van der Waals surface area contributed by atoms with Gasteiger partial charge in [-0.1, -0.05) is 0 Å². The molecule has 2 aromatic rings. The highest BCUT2D eigenvalue weighted by atomic mass is 32.2. The highest BCUT2D eigenvalue weighted by molar-refractivity contribution is 7.92. The molecule has 1 amide bonds. The van der Waals surface area contributed by atoms with E-state index < -0.39 is 15.8 Å². The van der Waals surface area contributed by atoms with E-state index >= 15 is 0 Å². The molecule has 0 saturated carbocycles. The second kappa shape index (κ2) is 7.43. The predicted octanol–water partition coefficient (Wildman–Crippen LogP) is 2.77. The van der Waals surface area contributed by atoms with Crippen LogP contribution in [0.3, 0.4) is 0 Å². The number of ether oxygens (including phenoxy) is 2. The van der Waals surface area contributed by atoms with Crippen LogP contribution in [0.2, 0.25) is 0 Å². The molecular weight excluding hydrogens is 375 g/mol. The second-order valence-electron chi connectivity index (χ2n) is 5.94. The van der Waals surface area contributed by atoms with E-state index in [9.17, 15) is 17.6 Å². The summed E-state index contributed by atoms with van der Waals surface area (Å²) >= 11 is 0. The number of carbonyl (C=O) groups excluding carboxylic acids is 1. The fraction of sp³-hybridized carbons (Fsp3) is 0.278. The van der Waals surface area contributed by atoms with Crippen molar-refractivity contribution in [3.05, 3.63) is 42.2 Å². The van der Waals surface area contributed by atoms with E-state index in [4.69, 9.17) is 9.47 Å². The van der Waals surface area contributed by atoms with Crippen molar-refractivity contribution >= 4 is 27.3 Å². The largest absolute Gasteiger partial charge is 0.495 e. The lowest BCUT2D eigenvalue weighted by Gasteiger charge is -2.20. The molecule has 0 bridgehead atoms. The summed E-state index contributed by atoms with van der Waals surface area (Å²) in [7, 11) is -1.36. The smallest absolute Gasteiger partial charge is 0.265 e. The molecule has 0 aromatic heterocycles. The fourth-order valence-electron chi connectivity index (χ4n) is 2.94. The third-order valence-electron chi connectivity index (χ3n) is 4.21. The third-order valence-corrected chi connectivity index (χ3v) is 5.61. The Morgan fingerprint density at radius 1 is 1.07 bits per heavy atom. The molecule has 3 rings (SSSR count). The molecule has 0 radical (unpaired) electrons. The lowest BCUT2D eigenvalue weighted by molar-refractivity contribution is -0.117. The summed E-state index contributed by atoms with van der Waals surface area (Å²) in [5.74, 6) is -0.324. The number of rotatable bonds is 6. The molecule has 0 unspecified atom stereocenters. The molecular formula is C18H19FN2O5S. The van der Waals surface area contributed by atoms with Crippen LogP contribution in [-0.4, -0.2) is 35.1 Å². The van der Waals surface area contributed by atoms with Crippen LogP contribution in [0.25, 0.3) is 0 Å². The molecule has 9 heteroatoms. The zero-order valence-electron chi connectivity index (χ0n) is 14.9. The monoisotopic (exact) mass is 394 g/mol. The van der Waals surface area contributed by atoms with E-state index in [0.29, 0.717) is 24.4 Å². The van der Waals surface area contributed by atoms with Gasteiger partial charge in [0.05, 0.1) is 25.6 Å². The van der Waals surface area contributed by atoms with E-state index in [1.807, 2.05) is 0 Å².